The Hall–Kier alpha value is -0.960. The van der Waals surface area contributed by atoms with Crippen molar-refractivity contribution in [2.45, 2.75) is 12.8 Å². The van der Waals surface area contributed by atoms with Crippen LogP contribution in [-0.2, 0) is 6.42 Å². The number of hydrogen-bond acceptors (Lipinski definition) is 2. The van der Waals surface area contributed by atoms with Gasteiger partial charge in [0.05, 0.1) is 6.20 Å². The molecule has 0 radical (unpaired) electrons. The van der Waals surface area contributed by atoms with Crippen LogP contribution in [-0.4, -0.2) is 18.1 Å². The number of pyridine rings is 1. The van der Waals surface area contributed by atoms with Crippen LogP contribution in [0.2, 0.25) is 0 Å². The average Bonchev–Trinajstić information content (AvgIpc) is 2.61. The van der Waals surface area contributed by atoms with Crippen LogP contribution < -0.4 is 5.32 Å². The first-order chi connectivity index (χ1) is 6.36. The summed E-state index contributed by atoms with van der Waals surface area (Å²) in [5.74, 6) is 0.422. The third-order valence-corrected chi connectivity index (χ3v) is 2.53. The van der Waals surface area contributed by atoms with Gasteiger partial charge in [0.2, 0.25) is 0 Å². The molecule has 1 aromatic rings. The van der Waals surface area contributed by atoms with Crippen LogP contribution in [0.4, 0.5) is 4.39 Å². The summed E-state index contributed by atoms with van der Waals surface area (Å²) in [4.78, 5) is 3.73. The second-order valence-electron chi connectivity index (χ2n) is 3.53. The van der Waals surface area contributed by atoms with Gasteiger partial charge < -0.3 is 5.32 Å². The maximum absolute atomic E-state index is 13.2. The van der Waals surface area contributed by atoms with Crippen LogP contribution >= 0.6 is 0 Å². The number of halogens is 1. The van der Waals surface area contributed by atoms with Gasteiger partial charge in [-0.25, -0.2) is 4.39 Å². The molecule has 1 aliphatic heterocycles. The average molecular weight is 180 g/mol. The number of rotatable bonds is 2. The number of nitrogens with one attached hydrogen (secondary N) is 1. The standard InChI is InChI=1S/C10H13FN2/c11-10-7-13-4-2-9(10)5-8-1-3-12-6-8/h2,4,7-8,12H,1,3,5-6H2. The van der Waals surface area contributed by atoms with Gasteiger partial charge in [-0.2, -0.15) is 0 Å². The molecular formula is C10H13FN2. The van der Waals surface area contributed by atoms with E-state index in [-0.39, 0.29) is 5.82 Å². The van der Waals surface area contributed by atoms with E-state index in [1.807, 2.05) is 0 Å². The summed E-state index contributed by atoms with van der Waals surface area (Å²) in [6.45, 7) is 2.08. The lowest BCUT2D eigenvalue weighted by atomic mass is 9.99. The molecule has 1 aliphatic rings. The monoisotopic (exact) mass is 180 g/mol. The molecule has 1 N–H and O–H groups in total. The van der Waals surface area contributed by atoms with Gasteiger partial charge in [-0.1, -0.05) is 0 Å². The first-order valence-corrected chi connectivity index (χ1v) is 4.65. The molecule has 0 aliphatic carbocycles. The van der Waals surface area contributed by atoms with E-state index in [1.54, 1.807) is 12.3 Å². The van der Waals surface area contributed by atoms with Crippen LogP contribution in [0.15, 0.2) is 18.5 Å². The molecule has 0 saturated carbocycles. The molecule has 0 bridgehead atoms. The highest BCUT2D eigenvalue weighted by molar-refractivity contribution is 5.13. The zero-order valence-corrected chi connectivity index (χ0v) is 7.46. The van der Waals surface area contributed by atoms with Gasteiger partial charge in [0.15, 0.2) is 0 Å². The van der Waals surface area contributed by atoms with E-state index in [4.69, 9.17) is 0 Å². The van der Waals surface area contributed by atoms with E-state index in [9.17, 15) is 4.39 Å². The fourth-order valence-electron chi connectivity index (χ4n) is 1.77. The van der Waals surface area contributed by atoms with Crippen molar-refractivity contribution in [3.8, 4) is 0 Å². The summed E-state index contributed by atoms with van der Waals surface area (Å²) >= 11 is 0. The van der Waals surface area contributed by atoms with Gasteiger partial charge in [-0.15, -0.1) is 0 Å². The normalized spacial score (nSPS) is 22.1. The highest BCUT2D eigenvalue weighted by Crippen LogP contribution is 2.16. The highest BCUT2D eigenvalue weighted by atomic mass is 19.1. The summed E-state index contributed by atoms with van der Waals surface area (Å²) in [7, 11) is 0. The Morgan fingerprint density at radius 3 is 3.23 bits per heavy atom. The molecule has 1 fully saturated rings. The van der Waals surface area contributed by atoms with Crippen molar-refractivity contribution in [2.24, 2.45) is 5.92 Å². The SMILES string of the molecule is Fc1cnccc1CC1CCNC1. The molecular weight excluding hydrogens is 167 g/mol. The molecule has 2 rings (SSSR count). The Morgan fingerprint density at radius 1 is 1.62 bits per heavy atom. The van der Waals surface area contributed by atoms with Gasteiger partial charge in [0, 0.05) is 6.20 Å². The van der Waals surface area contributed by atoms with Crippen LogP contribution in [0.1, 0.15) is 12.0 Å². The molecule has 13 heavy (non-hydrogen) atoms. The fourth-order valence-corrected chi connectivity index (χ4v) is 1.77. The Morgan fingerprint density at radius 2 is 2.54 bits per heavy atom. The molecule has 2 heterocycles. The second-order valence-corrected chi connectivity index (χ2v) is 3.53. The third-order valence-electron chi connectivity index (χ3n) is 2.53. The molecule has 0 aromatic carbocycles. The fraction of sp³-hybridized carbons (Fsp3) is 0.500. The van der Waals surface area contributed by atoms with Gasteiger partial charge in [-0.05, 0) is 43.5 Å². The quantitative estimate of drug-likeness (QED) is 0.743. The van der Waals surface area contributed by atoms with E-state index in [2.05, 4.69) is 10.3 Å². The Labute approximate surface area is 77.2 Å². The van der Waals surface area contributed by atoms with E-state index >= 15 is 0 Å². The van der Waals surface area contributed by atoms with Crippen molar-refractivity contribution in [2.75, 3.05) is 13.1 Å². The lowest BCUT2D eigenvalue weighted by molar-refractivity contribution is 0.541. The van der Waals surface area contributed by atoms with Crippen molar-refractivity contribution >= 4 is 0 Å². The zero-order chi connectivity index (χ0) is 9.10. The van der Waals surface area contributed by atoms with Crippen molar-refractivity contribution in [3.05, 3.63) is 29.8 Å². The predicted octanol–water partition coefficient (Wildman–Crippen LogP) is 1.37. The van der Waals surface area contributed by atoms with Gasteiger partial charge in [0.25, 0.3) is 0 Å². The zero-order valence-electron chi connectivity index (χ0n) is 7.46. The molecule has 1 atom stereocenters. The van der Waals surface area contributed by atoms with Crippen molar-refractivity contribution < 1.29 is 4.39 Å². The summed E-state index contributed by atoms with van der Waals surface area (Å²) in [6.07, 6.45) is 4.93. The third kappa shape index (κ3) is 2.04. The molecule has 1 aromatic heterocycles. The molecule has 70 valence electrons. The smallest absolute Gasteiger partial charge is 0.144 e. The van der Waals surface area contributed by atoms with Crippen LogP contribution in [0.25, 0.3) is 0 Å². The largest absolute Gasteiger partial charge is 0.316 e. The van der Waals surface area contributed by atoms with Gasteiger partial charge in [-0.3, -0.25) is 4.98 Å². The molecule has 1 unspecified atom stereocenters. The number of nitrogens with zero attached hydrogens (tertiary/aromatic N) is 1. The van der Waals surface area contributed by atoms with Crippen LogP contribution in [0.3, 0.4) is 0 Å². The number of aromatic nitrogens is 1. The summed E-state index contributed by atoms with van der Waals surface area (Å²) in [6, 6.07) is 1.77. The minimum atomic E-state index is -0.172. The van der Waals surface area contributed by atoms with E-state index in [1.165, 1.54) is 6.20 Å². The first-order valence-electron chi connectivity index (χ1n) is 4.65. The topological polar surface area (TPSA) is 24.9 Å². The lowest BCUT2D eigenvalue weighted by Crippen LogP contribution is -2.11. The summed E-state index contributed by atoms with van der Waals surface area (Å²) < 4.78 is 13.2. The summed E-state index contributed by atoms with van der Waals surface area (Å²) in [5.41, 5.74) is 0.795. The van der Waals surface area contributed by atoms with E-state index in [0.717, 1.165) is 31.5 Å². The Balaban J connectivity index is 2.04. The minimum absolute atomic E-state index is 0.172. The molecule has 0 spiro atoms. The first kappa shape index (κ1) is 8.63. The maximum Gasteiger partial charge on any atom is 0.144 e. The predicted molar refractivity (Wildman–Crippen MR) is 48.9 cm³/mol. The maximum atomic E-state index is 13.2. The molecule has 0 amide bonds. The Kier molecular flexibility index (Phi) is 2.54. The van der Waals surface area contributed by atoms with Gasteiger partial charge in [0.1, 0.15) is 5.82 Å². The summed E-state index contributed by atoms with van der Waals surface area (Å²) in [5, 5.41) is 3.27. The second kappa shape index (κ2) is 3.83. The minimum Gasteiger partial charge on any atom is -0.316 e. The van der Waals surface area contributed by atoms with E-state index < -0.39 is 0 Å². The van der Waals surface area contributed by atoms with Crippen molar-refractivity contribution in [1.82, 2.24) is 10.3 Å². The number of hydrogen-bond donors (Lipinski definition) is 1. The Bertz CT molecular complexity index is 282. The molecule has 3 heteroatoms. The molecule has 2 nitrogen and oxygen atoms in total. The lowest BCUT2D eigenvalue weighted by Gasteiger charge is -2.07. The van der Waals surface area contributed by atoms with Crippen LogP contribution in [0.5, 0.6) is 0 Å². The van der Waals surface area contributed by atoms with Crippen LogP contribution in [0, 0.1) is 11.7 Å². The van der Waals surface area contributed by atoms with Crippen molar-refractivity contribution in [3.63, 3.8) is 0 Å². The molecule has 1 saturated heterocycles. The van der Waals surface area contributed by atoms with Gasteiger partial charge >= 0.3 is 0 Å². The highest BCUT2D eigenvalue weighted by Gasteiger charge is 2.16. The van der Waals surface area contributed by atoms with E-state index in [0.29, 0.717) is 5.92 Å². The van der Waals surface area contributed by atoms with Crippen molar-refractivity contribution in [1.29, 1.82) is 0 Å².